The predicted molar refractivity (Wildman–Crippen MR) is 98.2 cm³/mol. The molecule has 0 aromatic heterocycles. The van der Waals surface area contributed by atoms with Crippen molar-refractivity contribution in [3.8, 4) is 5.75 Å². The Balaban J connectivity index is 2.17. The second-order valence-electron chi connectivity index (χ2n) is 6.05. The Hall–Kier alpha value is -2.34. The maximum atomic E-state index is 12.8. The minimum Gasteiger partial charge on any atom is -0.497 e. The van der Waals surface area contributed by atoms with E-state index in [-0.39, 0.29) is 6.42 Å². The molecule has 2 rings (SSSR count). The zero-order chi connectivity index (χ0) is 18.4. The van der Waals surface area contributed by atoms with E-state index in [2.05, 4.69) is 0 Å². The zero-order valence-corrected chi connectivity index (χ0v) is 15.5. The van der Waals surface area contributed by atoms with Gasteiger partial charge in [0.25, 0.3) is 0 Å². The van der Waals surface area contributed by atoms with Gasteiger partial charge in [-0.15, -0.1) is 0 Å². The van der Waals surface area contributed by atoms with Gasteiger partial charge in [0.1, 0.15) is 11.0 Å². The van der Waals surface area contributed by atoms with Crippen LogP contribution in [0.1, 0.15) is 11.1 Å². The molecule has 1 amide bonds. The van der Waals surface area contributed by atoms with E-state index in [4.69, 9.17) is 4.74 Å². The van der Waals surface area contributed by atoms with Crippen LogP contribution in [0, 0.1) is 0 Å². The third-order valence-electron chi connectivity index (χ3n) is 3.99. The molecule has 0 fully saturated rings. The Bertz CT molecular complexity index is 818. The molecule has 0 aliphatic carbocycles. The van der Waals surface area contributed by atoms with Gasteiger partial charge in [-0.2, -0.15) is 0 Å². The summed E-state index contributed by atoms with van der Waals surface area (Å²) in [6.45, 7) is 0.316. The number of nitrogens with zero attached hydrogens (tertiary/aromatic N) is 1. The quantitative estimate of drug-likeness (QED) is 0.759. The number of methoxy groups -OCH3 is 1. The molecular weight excluding hydrogens is 338 g/mol. The van der Waals surface area contributed by atoms with E-state index < -0.39 is 21.0 Å². The van der Waals surface area contributed by atoms with Gasteiger partial charge in [0.2, 0.25) is 5.91 Å². The lowest BCUT2D eigenvalue weighted by molar-refractivity contribution is -0.129. The number of ether oxygens (including phenoxy) is 1. The van der Waals surface area contributed by atoms with Crippen LogP contribution >= 0.6 is 0 Å². The molecule has 5 nitrogen and oxygen atoms in total. The maximum absolute atomic E-state index is 12.8. The van der Waals surface area contributed by atoms with Crippen molar-refractivity contribution in [1.82, 2.24) is 4.90 Å². The van der Waals surface area contributed by atoms with Gasteiger partial charge in [0.05, 0.1) is 7.11 Å². The summed E-state index contributed by atoms with van der Waals surface area (Å²) in [6.07, 6.45) is 1.28. The summed E-state index contributed by atoms with van der Waals surface area (Å²) in [5.41, 5.74) is 1.70. The molecule has 0 saturated carbocycles. The topological polar surface area (TPSA) is 63.7 Å². The normalized spacial score (nSPS) is 12.4. The minimum atomic E-state index is -3.53. The Morgan fingerprint density at radius 1 is 1.08 bits per heavy atom. The van der Waals surface area contributed by atoms with E-state index in [1.165, 1.54) is 4.90 Å². The Morgan fingerprint density at radius 3 is 2.32 bits per heavy atom. The summed E-state index contributed by atoms with van der Waals surface area (Å²) in [4.78, 5) is 14.2. The van der Waals surface area contributed by atoms with Crippen molar-refractivity contribution in [3.63, 3.8) is 0 Å². The summed E-state index contributed by atoms with van der Waals surface area (Å²) >= 11 is 0. The third kappa shape index (κ3) is 5.32. The van der Waals surface area contributed by atoms with Crippen LogP contribution in [0.5, 0.6) is 5.75 Å². The van der Waals surface area contributed by atoms with E-state index in [1.807, 2.05) is 54.6 Å². The van der Waals surface area contributed by atoms with Gasteiger partial charge in [-0.1, -0.05) is 42.5 Å². The van der Waals surface area contributed by atoms with E-state index in [9.17, 15) is 13.2 Å². The molecule has 0 aliphatic rings. The highest BCUT2D eigenvalue weighted by molar-refractivity contribution is 7.92. The minimum absolute atomic E-state index is 0.168. The van der Waals surface area contributed by atoms with Crippen LogP contribution in [0.25, 0.3) is 0 Å². The van der Waals surface area contributed by atoms with Crippen molar-refractivity contribution in [1.29, 1.82) is 0 Å². The molecule has 0 saturated heterocycles. The van der Waals surface area contributed by atoms with Gasteiger partial charge in [0, 0.05) is 19.8 Å². The molecule has 0 spiro atoms. The first-order valence-electron chi connectivity index (χ1n) is 7.92. The number of carbonyl (C=O) groups excluding carboxylic acids is 1. The highest BCUT2D eigenvalue weighted by atomic mass is 32.2. The lowest BCUT2D eigenvalue weighted by Crippen LogP contribution is -2.41. The fraction of sp³-hybridized carbons (Fsp3) is 0.316. The van der Waals surface area contributed by atoms with Gasteiger partial charge in [-0.05, 0) is 29.7 Å². The fourth-order valence-corrected chi connectivity index (χ4v) is 3.66. The van der Waals surface area contributed by atoms with Crippen LogP contribution in [0.3, 0.4) is 0 Å². The molecule has 2 aromatic rings. The van der Waals surface area contributed by atoms with E-state index in [1.54, 1.807) is 14.2 Å². The van der Waals surface area contributed by atoms with Crippen LogP contribution in [0.2, 0.25) is 0 Å². The van der Waals surface area contributed by atoms with Crippen LogP contribution in [0.15, 0.2) is 54.6 Å². The Morgan fingerprint density at radius 2 is 1.72 bits per heavy atom. The summed E-state index contributed by atoms with van der Waals surface area (Å²) in [5, 5.41) is -1.09. The monoisotopic (exact) mass is 361 g/mol. The van der Waals surface area contributed by atoms with Gasteiger partial charge in [0.15, 0.2) is 9.84 Å². The smallest absolute Gasteiger partial charge is 0.241 e. The highest BCUT2D eigenvalue weighted by Crippen LogP contribution is 2.17. The molecule has 0 heterocycles. The Labute approximate surface area is 149 Å². The number of sulfone groups is 1. The van der Waals surface area contributed by atoms with E-state index in [0.29, 0.717) is 12.3 Å². The molecule has 6 heteroatoms. The number of rotatable bonds is 7. The lowest BCUT2D eigenvalue weighted by Gasteiger charge is -2.23. The second-order valence-corrected chi connectivity index (χ2v) is 8.28. The molecule has 0 radical (unpaired) electrons. The first-order valence-corrected chi connectivity index (χ1v) is 9.87. The molecule has 1 atom stereocenters. The van der Waals surface area contributed by atoms with E-state index in [0.717, 1.165) is 17.4 Å². The lowest BCUT2D eigenvalue weighted by atomic mass is 10.1. The highest BCUT2D eigenvalue weighted by Gasteiger charge is 2.31. The SMILES string of the molecule is COc1cccc(CN(C)C(=O)[C@@H](Cc2ccccc2)S(C)(=O)=O)c1. The fourth-order valence-electron chi connectivity index (χ4n) is 2.62. The number of hydrogen-bond acceptors (Lipinski definition) is 4. The van der Waals surface area contributed by atoms with Crippen LogP contribution in [-0.2, 0) is 27.6 Å². The first kappa shape index (κ1) is 19.0. The number of amides is 1. The number of carbonyl (C=O) groups is 1. The van der Waals surface area contributed by atoms with E-state index >= 15 is 0 Å². The molecule has 2 aromatic carbocycles. The molecule has 0 N–H and O–H groups in total. The molecule has 0 bridgehead atoms. The van der Waals surface area contributed by atoms with Crippen LogP contribution in [-0.4, -0.2) is 44.9 Å². The van der Waals surface area contributed by atoms with Gasteiger partial charge >= 0.3 is 0 Å². The number of benzene rings is 2. The van der Waals surface area contributed by atoms with Crippen LogP contribution < -0.4 is 4.74 Å². The average molecular weight is 361 g/mol. The summed E-state index contributed by atoms with van der Waals surface area (Å²) in [7, 11) is -0.335. The van der Waals surface area contributed by atoms with Crippen LogP contribution in [0.4, 0.5) is 0 Å². The zero-order valence-electron chi connectivity index (χ0n) is 14.7. The van der Waals surface area contributed by atoms with Crippen molar-refractivity contribution < 1.29 is 17.9 Å². The van der Waals surface area contributed by atoms with Crippen molar-refractivity contribution >= 4 is 15.7 Å². The number of hydrogen-bond donors (Lipinski definition) is 0. The summed E-state index contributed by atoms with van der Waals surface area (Å²) in [5.74, 6) is 0.288. The molecule has 0 aliphatic heterocycles. The predicted octanol–water partition coefficient (Wildman–Crippen LogP) is 2.31. The second kappa shape index (κ2) is 8.16. The molecule has 134 valence electrons. The van der Waals surface area contributed by atoms with Crippen molar-refractivity contribution in [2.24, 2.45) is 0 Å². The largest absolute Gasteiger partial charge is 0.497 e. The van der Waals surface area contributed by atoms with Crippen molar-refractivity contribution in [3.05, 3.63) is 65.7 Å². The van der Waals surface area contributed by atoms with Gasteiger partial charge < -0.3 is 9.64 Å². The molecule has 0 unspecified atom stereocenters. The molecule has 25 heavy (non-hydrogen) atoms. The van der Waals surface area contributed by atoms with Gasteiger partial charge in [-0.25, -0.2) is 8.42 Å². The first-order chi connectivity index (χ1) is 11.8. The third-order valence-corrected chi connectivity index (χ3v) is 5.39. The summed E-state index contributed by atoms with van der Waals surface area (Å²) in [6, 6.07) is 16.5. The van der Waals surface area contributed by atoms with Crippen molar-refractivity contribution in [2.75, 3.05) is 20.4 Å². The average Bonchev–Trinajstić information content (AvgIpc) is 2.59. The van der Waals surface area contributed by atoms with Gasteiger partial charge in [-0.3, -0.25) is 4.79 Å². The molecular formula is C19H23NO4S. The Kier molecular flexibility index (Phi) is 6.20. The summed E-state index contributed by atoms with van der Waals surface area (Å²) < 4.78 is 29.5. The van der Waals surface area contributed by atoms with Crippen molar-refractivity contribution in [2.45, 2.75) is 18.2 Å². The standard InChI is InChI=1S/C19H23NO4S/c1-20(14-16-10-7-11-17(12-16)24-2)19(21)18(25(3,22)23)13-15-8-5-4-6-9-15/h4-12,18H,13-14H2,1-3H3/t18-/m1/s1. The maximum Gasteiger partial charge on any atom is 0.241 e.